The minimum atomic E-state index is 0.481. The van der Waals surface area contributed by atoms with Gasteiger partial charge in [0.1, 0.15) is 12.1 Å². The lowest BCUT2D eigenvalue weighted by atomic mass is 10.0. The van der Waals surface area contributed by atoms with E-state index in [0.717, 1.165) is 37.2 Å². The van der Waals surface area contributed by atoms with Gasteiger partial charge in [0.05, 0.1) is 0 Å². The molecule has 1 aliphatic rings. The molecule has 0 spiro atoms. The Bertz CT molecular complexity index is 572. The predicted octanol–water partition coefficient (Wildman–Crippen LogP) is 2.21. The molecule has 0 aromatic carbocycles. The van der Waals surface area contributed by atoms with Crippen LogP contribution in [0.5, 0.6) is 0 Å². The Balaban J connectivity index is 1.93. The van der Waals surface area contributed by atoms with Crippen molar-refractivity contribution >= 4 is 11.6 Å². The van der Waals surface area contributed by atoms with Crippen LogP contribution in [0.2, 0.25) is 0 Å². The lowest BCUT2D eigenvalue weighted by Gasteiger charge is -2.21. The molecule has 1 aliphatic carbocycles. The van der Waals surface area contributed by atoms with E-state index >= 15 is 0 Å². The third-order valence-corrected chi connectivity index (χ3v) is 3.29. The number of aromatic nitrogens is 4. The topological polar surface area (TPSA) is 55.1 Å². The van der Waals surface area contributed by atoms with Crippen LogP contribution in [0.3, 0.4) is 0 Å². The number of fused-ring (bicyclic) bond motifs is 1. The molecule has 1 unspecified atom stereocenters. The van der Waals surface area contributed by atoms with Crippen LogP contribution in [-0.2, 0) is 6.42 Å². The highest BCUT2D eigenvalue weighted by Crippen LogP contribution is 2.18. The van der Waals surface area contributed by atoms with Crippen LogP contribution >= 0.6 is 0 Å². The van der Waals surface area contributed by atoms with Gasteiger partial charge in [-0.05, 0) is 25.7 Å². The van der Waals surface area contributed by atoms with Gasteiger partial charge in [-0.3, -0.25) is 0 Å². The van der Waals surface area contributed by atoms with E-state index in [9.17, 15) is 0 Å². The highest BCUT2D eigenvalue weighted by Gasteiger charge is 2.13. The number of aryl methyl sites for hydroxylation is 1. The van der Waals surface area contributed by atoms with Crippen LogP contribution in [-0.4, -0.2) is 25.6 Å². The van der Waals surface area contributed by atoms with Crippen LogP contribution in [0, 0.1) is 0 Å². The van der Waals surface area contributed by atoms with E-state index < -0.39 is 0 Å². The predicted molar refractivity (Wildman–Crippen MR) is 70.6 cm³/mol. The molecule has 2 aromatic heterocycles. The second-order valence-electron chi connectivity index (χ2n) is 4.58. The molecule has 0 amide bonds. The molecular weight excluding hydrogens is 226 g/mol. The largest absolute Gasteiger partial charge is 0.367 e. The van der Waals surface area contributed by atoms with Crippen LogP contribution < -0.4 is 5.32 Å². The number of allylic oxidation sites excluding steroid dienone is 1. The number of rotatable bonds is 3. The van der Waals surface area contributed by atoms with Crippen molar-refractivity contribution in [1.29, 1.82) is 0 Å². The standard InChI is InChI=1S/C13H17N5/c1-2-10-8-12(16-11-6-4-3-5-7-11)18-13(17-10)14-9-15-18/h3-4,8-9,11,16H,2,5-7H2,1H3. The monoisotopic (exact) mass is 243 g/mol. The fourth-order valence-electron chi connectivity index (χ4n) is 2.28. The van der Waals surface area contributed by atoms with Gasteiger partial charge >= 0.3 is 0 Å². The highest BCUT2D eigenvalue weighted by molar-refractivity contribution is 5.45. The fraction of sp³-hybridized carbons (Fsp3) is 0.462. The first-order valence-corrected chi connectivity index (χ1v) is 6.48. The van der Waals surface area contributed by atoms with Crippen LogP contribution in [0.4, 0.5) is 5.82 Å². The van der Waals surface area contributed by atoms with Gasteiger partial charge in [-0.2, -0.15) is 14.6 Å². The second-order valence-corrected chi connectivity index (χ2v) is 4.58. The summed E-state index contributed by atoms with van der Waals surface area (Å²) in [5.41, 5.74) is 1.05. The number of nitrogens with zero attached hydrogens (tertiary/aromatic N) is 4. The molecule has 2 heterocycles. The summed E-state index contributed by atoms with van der Waals surface area (Å²) in [6.45, 7) is 2.10. The van der Waals surface area contributed by atoms with E-state index in [1.54, 1.807) is 10.8 Å². The van der Waals surface area contributed by atoms with Gasteiger partial charge in [0.25, 0.3) is 5.78 Å². The molecule has 2 aromatic rings. The van der Waals surface area contributed by atoms with Crippen molar-refractivity contribution in [1.82, 2.24) is 19.6 Å². The zero-order valence-corrected chi connectivity index (χ0v) is 10.5. The smallest absolute Gasteiger partial charge is 0.254 e. The molecule has 94 valence electrons. The summed E-state index contributed by atoms with van der Waals surface area (Å²) in [5.74, 6) is 1.66. The molecule has 3 rings (SSSR count). The normalized spacial score (nSPS) is 19.3. The van der Waals surface area contributed by atoms with Crippen molar-refractivity contribution in [3.63, 3.8) is 0 Å². The number of nitrogens with one attached hydrogen (secondary N) is 1. The zero-order chi connectivity index (χ0) is 12.4. The number of hydrogen-bond acceptors (Lipinski definition) is 4. The molecule has 1 atom stereocenters. The van der Waals surface area contributed by atoms with Gasteiger partial charge in [0, 0.05) is 17.8 Å². The molecule has 0 saturated carbocycles. The Labute approximate surface area is 106 Å². The van der Waals surface area contributed by atoms with Crippen LogP contribution in [0.15, 0.2) is 24.5 Å². The minimum Gasteiger partial charge on any atom is -0.367 e. The van der Waals surface area contributed by atoms with E-state index in [1.165, 1.54) is 0 Å². The highest BCUT2D eigenvalue weighted by atomic mass is 15.4. The van der Waals surface area contributed by atoms with Gasteiger partial charge in [0.2, 0.25) is 0 Å². The first kappa shape index (κ1) is 11.2. The fourth-order valence-corrected chi connectivity index (χ4v) is 2.28. The van der Waals surface area contributed by atoms with Crippen molar-refractivity contribution in [2.24, 2.45) is 0 Å². The molecular formula is C13H17N5. The van der Waals surface area contributed by atoms with E-state index in [0.29, 0.717) is 11.8 Å². The van der Waals surface area contributed by atoms with Gasteiger partial charge in [0.15, 0.2) is 0 Å². The average molecular weight is 243 g/mol. The van der Waals surface area contributed by atoms with Crippen molar-refractivity contribution in [3.05, 3.63) is 30.2 Å². The van der Waals surface area contributed by atoms with E-state index in [1.807, 2.05) is 0 Å². The summed E-state index contributed by atoms with van der Waals surface area (Å²) < 4.78 is 1.78. The molecule has 0 aliphatic heterocycles. The summed E-state index contributed by atoms with van der Waals surface area (Å²) in [7, 11) is 0. The van der Waals surface area contributed by atoms with Crippen molar-refractivity contribution in [2.75, 3.05) is 5.32 Å². The summed E-state index contributed by atoms with van der Waals surface area (Å²) in [4.78, 5) is 8.61. The molecule has 5 heteroatoms. The molecule has 5 nitrogen and oxygen atoms in total. The van der Waals surface area contributed by atoms with Crippen molar-refractivity contribution in [2.45, 2.75) is 38.6 Å². The third kappa shape index (κ3) is 2.08. The van der Waals surface area contributed by atoms with Crippen LogP contribution in [0.25, 0.3) is 5.78 Å². The number of anilines is 1. The summed E-state index contributed by atoms with van der Waals surface area (Å²) in [6, 6.07) is 2.55. The van der Waals surface area contributed by atoms with Gasteiger partial charge in [-0.15, -0.1) is 0 Å². The maximum absolute atomic E-state index is 4.44. The second kappa shape index (κ2) is 4.76. The van der Waals surface area contributed by atoms with E-state index in [-0.39, 0.29) is 0 Å². The Hall–Kier alpha value is -1.91. The van der Waals surface area contributed by atoms with E-state index in [2.05, 4.69) is 45.5 Å². The van der Waals surface area contributed by atoms with Gasteiger partial charge in [-0.25, -0.2) is 4.98 Å². The molecule has 1 N–H and O–H groups in total. The summed E-state index contributed by atoms with van der Waals surface area (Å²) >= 11 is 0. The maximum atomic E-state index is 4.44. The number of hydrogen-bond donors (Lipinski definition) is 1. The third-order valence-electron chi connectivity index (χ3n) is 3.29. The lowest BCUT2D eigenvalue weighted by molar-refractivity contribution is 0.638. The lowest BCUT2D eigenvalue weighted by Crippen LogP contribution is -2.22. The molecule has 0 fully saturated rings. The Morgan fingerprint density at radius 3 is 3.17 bits per heavy atom. The molecule has 0 radical (unpaired) electrons. The maximum Gasteiger partial charge on any atom is 0.254 e. The van der Waals surface area contributed by atoms with Crippen LogP contribution in [0.1, 0.15) is 31.9 Å². The molecule has 0 saturated heterocycles. The molecule has 0 bridgehead atoms. The first-order chi connectivity index (χ1) is 8.86. The average Bonchev–Trinajstić information content (AvgIpc) is 2.88. The molecule has 18 heavy (non-hydrogen) atoms. The SMILES string of the molecule is CCc1cc(NC2CC=CCC2)n2ncnc2n1. The first-order valence-electron chi connectivity index (χ1n) is 6.48. The summed E-state index contributed by atoms with van der Waals surface area (Å²) in [5, 5.41) is 7.78. The zero-order valence-electron chi connectivity index (χ0n) is 10.5. The van der Waals surface area contributed by atoms with E-state index in [4.69, 9.17) is 0 Å². The minimum absolute atomic E-state index is 0.481. The van der Waals surface area contributed by atoms with Crippen molar-refractivity contribution in [3.8, 4) is 0 Å². The van der Waals surface area contributed by atoms with Gasteiger partial charge in [-0.1, -0.05) is 19.1 Å². The summed E-state index contributed by atoms with van der Waals surface area (Å²) in [6.07, 6.45) is 10.3. The Kier molecular flexibility index (Phi) is 2.96. The quantitative estimate of drug-likeness (QED) is 0.840. The Morgan fingerprint density at radius 1 is 1.44 bits per heavy atom. The van der Waals surface area contributed by atoms with Gasteiger partial charge < -0.3 is 5.32 Å². The Morgan fingerprint density at radius 2 is 2.39 bits per heavy atom. The van der Waals surface area contributed by atoms with Crippen molar-refractivity contribution < 1.29 is 0 Å².